The molecule has 1 aliphatic heterocycles. The van der Waals surface area contributed by atoms with Crippen LogP contribution in [0.3, 0.4) is 0 Å². The van der Waals surface area contributed by atoms with Crippen LogP contribution in [0.4, 0.5) is 13.2 Å². The van der Waals surface area contributed by atoms with E-state index in [4.69, 9.17) is 4.74 Å². The van der Waals surface area contributed by atoms with Gasteiger partial charge in [-0.1, -0.05) is 0 Å². The number of thioether (sulfide) groups is 1. The van der Waals surface area contributed by atoms with Crippen molar-refractivity contribution in [2.45, 2.75) is 62.2 Å². The second-order valence-corrected chi connectivity index (χ2v) is 11.4. The predicted molar refractivity (Wildman–Crippen MR) is 150 cm³/mol. The molecule has 0 radical (unpaired) electrons. The lowest BCUT2D eigenvalue weighted by Crippen LogP contribution is -2.19. The number of esters is 1. The third kappa shape index (κ3) is 6.64. The Kier molecular flexibility index (Phi) is 9.35. The number of ether oxygens (including phenoxy) is 2. The maximum Gasteiger partial charge on any atom is 0.573 e. The summed E-state index contributed by atoms with van der Waals surface area (Å²) in [5, 5.41) is 11.8. The molecule has 0 amide bonds. The highest BCUT2D eigenvalue weighted by Crippen LogP contribution is 2.47. The first-order valence-electron chi connectivity index (χ1n) is 12.6. The number of nitrogens with zero attached hydrogens (tertiary/aromatic N) is 2. The normalized spacial score (nSPS) is 15.9. The number of rotatable bonds is 9. The average molecular weight is 650 g/mol. The van der Waals surface area contributed by atoms with Crippen LogP contribution in [0.15, 0.2) is 39.7 Å². The van der Waals surface area contributed by atoms with Crippen molar-refractivity contribution in [2.24, 2.45) is 0 Å². The highest BCUT2D eigenvalue weighted by Gasteiger charge is 2.35. The molecule has 1 aliphatic carbocycles. The molecule has 0 atom stereocenters. The summed E-state index contributed by atoms with van der Waals surface area (Å²) in [7, 11) is 0. The summed E-state index contributed by atoms with van der Waals surface area (Å²) in [6.07, 6.45) is -0.595. The number of benzene rings is 2. The SMILES string of the molecule is CCOC(=O)c1c(CSc2ccc(OC(F)(F)F)cc2)n(C2CC2)c2cc(Br)c(O)c(CN3CCCC3)c12.Cl. The summed E-state index contributed by atoms with van der Waals surface area (Å²) in [5.74, 6) is -0.193. The third-order valence-electron chi connectivity index (χ3n) is 6.83. The van der Waals surface area contributed by atoms with Crippen molar-refractivity contribution in [1.82, 2.24) is 9.47 Å². The number of carbonyl (C=O) groups excluding carboxylic acids is 1. The highest BCUT2D eigenvalue weighted by atomic mass is 79.9. The Morgan fingerprint density at radius 2 is 1.85 bits per heavy atom. The summed E-state index contributed by atoms with van der Waals surface area (Å²) in [6.45, 7) is 4.36. The van der Waals surface area contributed by atoms with Crippen LogP contribution in [-0.4, -0.2) is 46.6 Å². The Balaban J connectivity index is 0.00000353. The first-order chi connectivity index (χ1) is 18.2. The first-order valence-corrected chi connectivity index (χ1v) is 14.4. The van der Waals surface area contributed by atoms with Gasteiger partial charge in [0.2, 0.25) is 0 Å². The van der Waals surface area contributed by atoms with Crippen molar-refractivity contribution >= 4 is 57.0 Å². The molecule has 212 valence electrons. The summed E-state index contributed by atoms with van der Waals surface area (Å²) >= 11 is 4.95. The Morgan fingerprint density at radius 3 is 2.44 bits per heavy atom. The van der Waals surface area contributed by atoms with Crippen LogP contribution in [0.2, 0.25) is 0 Å². The van der Waals surface area contributed by atoms with Gasteiger partial charge in [0.15, 0.2) is 0 Å². The van der Waals surface area contributed by atoms with Crippen LogP contribution in [-0.2, 0) is 17.0 Å². The van der Waals surface area contributed by atoms with E-state index in [0.29, 0.717) is 33.3 Å². The van der Waals surface area contributed by atoms with Gasteiger partial charge in [0, 0.05) is 39.9 Å². The number of likely N-dealkylation sites (tertiary alicyclic amines) is 1. The Labute approximate surface area is 243 Å². The van der Waals surface area contributed by atoms with E-state index < -0.39 is 12.3 Å². The van der Waals surface area contributed by atoms with E-state index in [1.165, 1.54) is 23.9 Å². The summed E-state index contributed by atoms with van der Waals surface area (Å²) < 4.78 is 49.9. The number of aromatic nitrogens is 1. The molecular formula is C27H29BrClF3N2O4S. The molecule has 2 aromatic carbocycles. The molecule has 39 heavy (non-hydrogen) atoms. The smallest absolute Gasteiger partial charge is 0.506 e. The van der Waals surface area contributed by atoms with E-state index in [0.717, 1.165) is 54.9 Å². The second kappa shape index (κ2) is 12.2. The number of aromatic hydroxyl groups is 1. The van der Waals surface area contributed by atoms with Crippen LogP contribution in [0.1, 0.15) is 60.3 Å². The van der Waals surface area contributed by atoms with Gasteiger partial charge in [0.05, 0.1) is 22.2 Å². The number of hydrogen-bond acceptors (Lipinski definition) is 6. The number of carbonyl (C=O) groups is 1. The lowest BCUT2D eigenvalue weighted by Gasteiger charge is -2.18. The number of phenolic OH excluding ortho intramolecular Hbond substituents is 1. The van der Waals surface area contributed by atoms with Gasteiger partial charge in [-0.15, -0.1) is 37.3 Å². The molecule has 1 saturated carbocycles. The number of phenols is 1. The minimum absolute atomic E-state index is 0. The molecule has 6 nitrogen and oxygen atoms in total. The summed E-state index contributed by atoms with van der Waals surface area (Å²) in [4.78, 5) is 16.5. The van der Waals surface area contributed by atoms with Gasteiger partial charge < -0.3 is 19.1 Å². The van der Waals surface area contributed by atoms with Gasteiger partial charge in [0.1, 0.15) is 11.5 Å². The number of hydrogen-bond donors (Lipinski definition) is 1. The number of alkyl halides is 3. The fourth-order valence-electron chi connectivity index (χ4n) is 5.08. The van der Waals surface area contributed by atoms with Gasteiger partial charge in [0.25, 0.3) is 0 Å². The zero-order valence-corrected chi connectivity index (χ0v) is 24.4. The Morgan fingerprint density at radius 1 is 1.18 bits per heavy atom. The van der Waals surface area contributed by atoms with Crippen molar-refractivity contribution < 1.29 is 32.5 Å². The molecule has 2 heterocycles. The Hall–Kier alpha value is -2.08. The zero-order chi connectivity index (χ0) is 27.0. The van der Waals surface area contributed by atoms with E-state index >= 15 is 0 Å². The quantitative estimate of drug-likeness (QED) is 0.188. The van der Waals surface area contributed by atoms with Gasteiger partial charge in [-0.05, 0) is 92.0 Å². The lowest BCUT2D eigenvalue weighted by atomic mass is 10.0. The van der Waals surface area contributed by atoms with Gasteiger partial charge >= 0.3 is 12.3 Å². The van der Waals surface area contributed by atoms with Crippen LogP contribution >= 0.6 is 40.1 Å². The molecule has 2 aliphatic rings. The molecular weight excluding hydrogens is 621 g/mol. The third-order valence-corrected chi connectivity index (χ3v) is 8.45. The van der Waals surface area contributed by atoms with Crippen molar-refractivity contribution in [3.05, 3.63) is 51.6 Å². The van der Waals surface area contributed by atoms with Crippen molar-refractivity contribution in [3.8, 4) is 11.5 Å². The molecule has 2 fully saturated rings. The molecule has 3 aromatic rings. The molecule has 5 rings (SSSR count). The van der Waals surface area contributed by atoms with Gasteiger partial charge in [-0.25, -0.2) is 4.79 Å². The van der Waals surface area contributed by atoms with E-state index in [2.05, 4.69) is 30.1 Å². The number of halogens is 5. The topological polar surface area (TPSA) is 63.9 Å². The Bertz CT molecular complexity index is 1340. The maximum atomic E-state index is 13.4. The number of fused-ring (bicyclic) bond motifs is 1. The predicted octanol–water partition coefficient (Wildman–Crippen LogP) is 7.83. The van der Waals surface area contributed by atoms with Gasteiger partial charge in [-0.2, -0.15) is 0 Å². The van der Waals surface area contributed by atoms with E-state index in [1.54, 1.807) is 19.1 Å². The van der Waals surface area contributed by atoms with Crippen molar-refractivity contribution in [2.75, 3.05) is 19.7 Å². The fraction of sp³-hybridized carbons (Fsp3) is 0.444. The van der Waals surface area contributed by atoms with Crippen LogP contribution in [0, 0.1) is 0 Å². The molecule has 1 saturated heterocycles. The largest absolute Gasteiger partial charge is 0.573 e. The minimum atomic E-state index is -4.75. The maximum absolute atomic E-state index is 13.4. The van der Waals surface area contributed by atoms with Crippen molar-refractivity contribution in [3.63, 3.8) is 0 Å². The van der Waals surface area contributed by atoms with Crippen molar-refractivity contribution in [1.29, 1.82) is 0 Å². The van der Waals surface area contributed by atoms with Crippen LogP contribution < -0.4 is 4.74 Å². The molecule has 1 N–H and O–H groups in total. The molecule has 1 aromatic heterocycles. The summed E-state index contributed by atoms with van der Waals surface area (Å²) in [6, 6.07) is 7.80. The van der Waals surface area contributed by atoms with E-state index in [9.17, 15) is 23.1 Å². The van der Waals surface area contributed by atoms with Crippen LogP contribution in [0.25, 0.3) is 10.9 Å². The molecule has 12 heteroatoms. The van der Waals surface area contributed by atoms with E-state index in [1.807, 2.05) is 6.07 Å². The van der Waals surface area contributed by atoms with Crippen LogP contribution in [0.5, 0.6) is 11.5 Å². The lowest BCUT2D eigenvalue weighted by molar-refractivity contribution is -0.274. The minimum Gasteiger partial charge on any atom is -0.506 e. The summed E-state index contributed by atoms with van der Waals surface area (Å²) in [5.41, 5.74) is 2.83. The monoisotopic (exact) mass is 648 g/mol. The zero-order valence-electron chi connectivity index (χ0n) is 21.2. The average Bonchev–Trinajstić information content (AvgIpc) is 3.46. The van der Waals surface area contributed by atoms with Gasteiger partial charge in [-0.3, -0.25) is 4.90 Å². The molecule has 0 spiro atoms. The first kappa shape index (κ1) is 29.9. The van der Waals surface area contributed by atoms with E-state index in [-0.39, 0.29) is 36.6 Å². The second-order valence-electron chi connectivity index (χ2n) is 9.51. The molecule has 0 bridgehead atoms. The molecule has 0 unspecified atom stereocenters. The fourth-order valence-corrected chi connectivity index (χ4v) is 6.45. The highest BCUT2D eigenvalue weighted by molar-refractivity contribution is 9.10. The standard InChI is InChI=1S/C27H28BrF3N2O4S.ClH/c1-2-36-26(35)24-22(15-38-18-9-7-17(8-10-18)37-27(29,30)31)33(16-5-6-16)21-13-20(28)25(34)19(23(21)24)14-32-11-3-4-12-32;/h7-10,13,16,34H,2-6,11-12,14-15H2,1H3;1H.